The van der Waals surface area contributed by atoms with Gasteiger partial charge in [-0.25, -0.2) is 10.4 Å². The molecule has 0 saturated heterocycles. The molecule has 0 fully saturated rings. The third kappa shape index (κ3) is 99.8. The Labute approximate surface area is 149 Å². The Kier molecular flexibility index (Phi) is 40.1. The summed E-state index contributed by atoms with van der Waals surface area (Å²) in [6, 6.07) is 0. The van der Waals surface area contributed by atoms with Gasteiger partial charge in [-0.2, -0.15) is 0 Å². The molecule has 0 aromatic rings. The third-order valence-corrected chi connectivity index (χ3v) is 0.370. The van der Waals surface area contributed by atoms with Crippen LogP contribution >= 0.6 is 32.7 Å². The number of thiol groups is 1. The van der Waals surface area contributed by atoms with Crippen LogP contribution in [0.2, 0.25) is 0 Å². The summed E-state index contributed by atoms with van der Waals surface area (Å²) in [5.74, 6) is 4.70. The molecule has 0 bridgehead atoms. The van der Waals surface area contributed by atoms with Crippen molar-refractivity contribution in [2.45, 2.75) is 0 Å². The van der Waals surface area contributed by atoms with Crippen molar-refractivity contribution in [3.8, 4) is 0 Å². The van der Waals surface area contributed by atoms with Crippen molar-refractivity contribution in [2.75, 3.05) is 0 Å². The summed E-state index contributed by atoms with van der Waals surface area (Å²) in [4.78, 5) is 21.6. The molecule has 0 spiro atoms. The number of rotatable bonds is 0. The van der Waals surface area contributed by atoms with Crippen molar-refractivity contribution in [2.24, 2.45) is 5.84 Å². The summed E-state index contributed by atoms with van der Waals surface area (Å²) in [5, 5.41) is 0. The van der Waals surface area contributed by atoms with Crippen LogP contribution in [0, 0.1) is 0 Å². The van der Waals surface area contributed by atoms with Crippen LogP contribution in [-0.2, 0) is 21.6 Å². The van der Waals surface area contributed by atoms with Gasteiger partial charge in [0.2, 0.25) is 0 Å². The Hall–Kier alpha value is 3.09. The zero-order valence-electron chi connectivity index (χ0n) is 4.93. The predicted octanol–water partition coefficient (Wildman–Crippen LogP) is -2.83. The molecule has 79 valence electrons. The molecule has 0 rings (SSSR count). The van der Waals surface area contributed by atoms with E-state index in [1.54, 1.807) is 0 Å². The second-order valence-electron chi connectivity index (χ2n) is 0.963. The second-order valence-corrected chi connectivity index (χ2v) is 3.15. The SMILES string of the molecule is NNC(=S)S.O=P(O)(O)O.[CaH2].[Cu].[NaH]. The minimum absolute atomic E-state index is 0. The average molecular weight is 336 g/mol. The van der Waals surface area contributed by atoms with Gasteiger partial charge < -0.3 is 20.1 Å². The Morgan fingerprint density at radius 1 is 1.46 bits per heavy atom. The average Bonchev–Trinajstić information content (AvgIpc) is 1.61. The molecule has 12 heteroatoms. The maximum absolute atomic E-state index is 8.88. The molecular weight excluding hydrogens is 326 g/mol. The minimum atomic E-state index is -4.64. The van der Waals surface area contributed by atoms with E-state index in [2.05, 4.69) is 30.3 Å². The van der Waals surface area contributed by atoms with Gasteiger partial charge in [-0.05, 0) is 0 Å². The van der Waals surface area contributed by atoms with E-state index in [4.69, 9.17) is 25.1 Å². The van der Waals surface area contributed by atoms with E-state index in [0.717, 1.165) is 0 Å². The van der Waals surface area contributed by atoms with Crippen LogP contribution in [0.1, 0.15) is 0 Å². The molecule has 0 aliphatic rings. The zero-order valence-corrected chi connectivity index (χ0v) is 8.48. The Balaban J connectivity index is -0.0000000267. The van der Waals surface area contributed by atoms with Crippen molar-refractivity contribution in [3.63, 3.8) is 0 Å². The number of phosphoric acid groups is 1. The molecule has 0 heterocycles. The van der Waals surface area contributed by atoms with Gasteiger partial charge in [0.25, 0.3) is 0 Å². The van der Waals surface area contributed by atoms with Crippen LogP contribution in [0.3, 0.4) is 0 Å². The fourth-order valence-electron chi connectivity index (χ4n) is 0. The van der Waals surface area contributed by atoms with Crippen LogP contribution in [0.5, 0.6) is 0 Å². The molecule has 0 saturated carbocycles. The first-order chi connectivity index (χ1) is 4.27. The molecule has 1 radical (unpaired) electrons. The predicted molar refractivity (Wildman–Crippen MR) is 58.9 cm³/mol. The van der Waals surface area contributed by atoms with Crippen LogP contribution in [-0.4, -0.2) is 86.3 Å². The molecule has 6 nitrogen and oxygen atoms in total. The van der Waals surface area contributed by atoms with E-state index in [1.165, 1.54) is 0 Å². The van der Waals surface area contributed by atoms with Crippen molar-refractivity contribution in [1.29, 1.82) is 0 Å². The second kappa shape index (κ2) is 17.5. The molecule has 0 unspecified atom stereocenters. The van der Waals surface area contributed by atoms with Crippen molar-refractivity contribution in [1.82, 2.24) is 5.43 Å². The number of hydrogen-bond donors (Lipinski definition) is 6. The molecule has 13 heavy (non-hydrogen) atoms. The van der Waals surface area contributed by atoms with Gasteiger partial charge in [-0.1, -0.05) is 12.2 Å². The van der Waals surface area contributed by atoms with Crippen LogP contribution in [0.15, 0.2) is 0 Å². The summed E-state index contributed by atoms with van der Waals surface area (Å²) in [7, 11) is -4.64. The Morgan fingerprint density at radius 2 is 1.54 bits per heavy atom. The monoisotopic (exact) mass is 335 g/mol. The first-order valence-electron chi connectivity index (χ1n) is 1.75. The summed E-state index contributed by atoms with van der Waals surface area (Å²) in [6.45, 7) is 0. The van der Waals surface area contributed by atoms with Gasteiger partial charge in [-0.15, -0.1) is 12.6 Å². The molecule has 0 aromatic carbocycles. The first-order valence-corrected chi connectivity index (χ1v) is 4.17. The quantitative estimate of drug-likeness (QED) is 0.0706. The van der Waals surface area contributed by atoms with Crippen LogP contribution in [0.25, 0.3) is 0 Å². The molecule has 0 aliphatic heterocycles. The molecule has 0 aromatic heterocycles. The van der Waals surface area contributed by atoms with E-state index >= 15 is 0 Å². The molecule has 0 atom stereocenters. The summed E-state index contributed by atoms with van der Waals surface area (Å²) in [5.41, 5.74) is 2.12. The van der Waals surface area contributed by atoms with Crippen molar-refractivity contribution < 1.29 is 36.3 Å². The van der Waals surface area contributed by atoms with Crippen molar-refractivity contribution >= 4 is 104 Å². The number of nitrogens with two attached hydrogens (primary N) is 1. The molecule has 0 amide bonds. The summed E-state index contributed by atoms with van der Waals surface area (Å²) >= 11 is 7.92. The van der Waals surface area contributed by atoms with Crippen molar-refractivity contribution in [3.05, 3.63) is 0 Å². The molecule has 6 N–H and O–H groups in total. The number of hydrazine groups is 1. The van der Waals surface area contributed by atoms with Gasteiger partial charge >= 0.3 is 75.1 Å². The molecule has 0 aliphatic carbocycles. The number of thiocarbonyl (C=S) groups is 1. The topological polar surface area (TPSA) is 116 Å². The van der Waals surface area contributed by atoms with Gasteiger partial charge in [0.15, 0.2) is 0 Å². The molecular formula is CH10CaCuN2NaO4PS2. The van der Waals surface area contributed by atoms with Gasteiger partial charge in [-0.3, -0.25) is 0 Å². The van der Waals surface area contributed by atoms with E-state index in [-0.39, 0.29) is 84.4 Å². The van der Waals surface area contributed by atoms with Gasteiger partial charge in [0, 0.05) is 17.1 Å². The van der Waals surface area contributed by atoms with Crippen LogP contribution < -0.4 is 11.3 Å². The normalized spacial score (nSPS) is 7.15. The van der Waals surface area contributed by atoms with Crippen LogP contribution in [0.4, 0.5) is 0 Å². The Morgan fingerprint density at radius 3 is 1.54 bits per heavy atom. The van der Waals surface area contributed by atoms with Gasteiger partial charge in [0.1, 0.15) is 4.32 Å². The fraction of sp³-hybridized carbons (Fsp3) is 0. The standard InChI is InChI=1S/CH4N2S2.Ca.Cu.Na.H3O4P.3H/c2-3-1(4)5;;;;1-5(2,3)4;;;/h2H2,(H2,3,4,5);;;;(H3,1,2,3,4);;;. The van der Waals surface area contributed by atoms with E-state index < -0.39 is 7.82 Å². The summed E-state index contributed by atoms with van der Waals surface area (Å²) in [6.07, 6.45) is 0. The maximum atomic E-state index is 8.88. The first kappa shape index (κ1) is 29.8. The number of nitrogens with one attached hydrogen (secondary N) is 1. The van der Waals surface area contributed by atoms with E-state index in [1.807, 2.05) is 0 Å². The van der Waals surface area contributed by atoms with E-state index in [9.17, 15) is 0 Å². The summed E-state index contributed by atoms with van der Waals surface area (Å²) < 4.78 is 9.19. The third-order valence-electron chi connectivity index (χ3n) is 0.123. The van der Waals surface area contributed by atoms with Gasteiger partial charge in [0.05, 0.1) is 0 Å². The fourth-order valence-corrected chi connectivity index (χ4v) is 0. The Bertz CT molecular complexity index is 151. The van der Waals surface area contributed by atoms with E-state index in [0.29, 0.717) is 4.32 Å². The number of hydrogen-bond acceptors (Lipinski definition) is 3. The zero-order chi connectivity index (χ0) is 8.78.